The van der Waals surface area contributed by atoms with Crippen LogP contribution in [0.25, 0.3) is 0 Å². The number of carbonyl (C=O) groups excluding carboxylic acids is 4. The van der Waals surface area contributed by atoms with Gasteiger partial charge < -0.3 is 16.4 Å². The highest BCUT2D eigenvalue weighted by Crippen LogP contribution is 2.32. The van der Waals surface area contributed by atoms with E-state index in [0.717, 1.165) is 4.90 Å². The summed E-state index contributed by atoms with van der Waals surface area (Å²) in [6.07, 6.45) is 0. The summed E-state index contributed by atoms with van der Waals surface area (Å²) in [6.45, 7) is 1.03. The first-order valence-electron chi connectivity index (χ1n) is 8.41. The zero-order valence-corrected chi connectivity index (χ0v) is 16.7. The molecular formula is C19H16Cl2N4O4. The number of halogens is 2. The summed E-state index contributed by atoms with van der Waals surface area (Å²) in [5.41, 5.74) is 4.90. The second-order valence-electron chi connectivity index (χ2n) is 6.57. The molecule has 1 unspecified atom stereocenters. The molecule has 29 heavy (non-hydrogen) atoms. The fraction of sp³-hybridized carbons (Fsp3) is 0.158. The van der Waals surface area contributed by atoms with Crippen LogP contribution in [0.2, 0.25) is 10.0 Å². The van der Waals surface area contributed by atoms with E-state index >= 15 is 0 Å². The second kappa shape index (κ2) is 7.73. The largest absolute Gasteiger partial charge is 0.366 e. The van der Waals surface area contributed by atoms with Crippen LogP contribution in [0.4, 0.5) is 10.5 Å². The van der Waals surface area contributed by atoms with Crippen molar-refractivity contribution in [2.45, 2.75) is 12.5 Å². The molecule has 0 spiro atoms. The van der Waals surface area contributed by atoms with E-state index in [4.69, 9.17) is 28.9 Å². The van der Waals surface area contributed by atoms with E-state index in [1.807, 2.05) is 0 Å². The number of nitrogens with zero attached hydrogens (tertiary/aromatic N) is 1. The molecule has 2 aromatic rings. The highest BCUT2D eigenvalue weighted by atomic mass is 35.5. The number of imide groups is 1. The van der Waals surface area contributed by atoms with Crippen molar-refractivity contribution in [1.82, 2.24) is 10.2 Å². The molecule has 0 aliphatic carbocycles. The van der Waals surface area contributed by atoms with E-state index in [2.05, 4.69) is 10.6 Å². The molecule has 4 N–H and O–H groups in total. The fourth-order valence-electron chi connectivity index (χ4n) is 2.91. The van der Waals surface area contributed by atoms with Gasteiger partial charge in [0, 0.05) is 11.3 Å². The predicted octanol–water partition coefficient (Wildman–Crippen LogP) is 2.50. The number of primary amides is 1. The van der Waals surface area contributed by atoms with Gasteiger partial charge in [-0.2, -0.15) is 0 Å². The van der Waals surface area contributed by atoms with E-state index in [1.165, 1.54) is 43.3 Å². The SMILES string of the molecule is CC1(c2ccc(Cl)c(Cl)c2)NC(=O)N(CC(=O)Nc2ccc(C(N)=O)cc2)C1=O. The number of benzene rings is 2. The van der Waals surface area contributed by atoms with Crippen molar-refractivity contribution in [3.8, 4) is 0 Å². The molecule has 5 amide bonds. The van der Waals surface area contributed by atoms with Gasteiger partial charge >= 0.3 is 6.03 Å². The van der Waals surface area contributed by atoms with Gasteiger partial charge in [-0.3, -0.25) is 19.3 Å². The molecule has 1 aliphatic rings. The van der Waals surface area contributed by atoms with Gasteiger partial charge in [0.25, 0.3) is 5.91 Å². The van der Waals surface area contributed by atoms with E-state index in [9.17, 15) is 19.2 Å². The number of amides is 5. The number of hydrogen-bond donors (Lipinski definition) is 3. The summed E-state index contributed by atoms with van der Waals surface area (Å²) in [5, 5.41) is 5.70. The third-order valence-corrected chi connectivity index (χ3v) is 5.27. The minimum atomic E-state index is -1.38. The first-order valence-corrected chi connectivity index (χ1v) is 9.17. The molecule has 1 saturated heterocycles. The summed E-state index contributed by atoms with van der Waals surface area (Å²) < 4.78 is 0. The average molecular weight is 435 g/mol. The van der Waals surface area contributed by atoms with Crippen LogP contribution >= 0.6 is 23.2 Å². The van der Waals surface area contributed by atoms with Crippen LogP contribution in [0, 0.1) is 0 Å². The maximum absolute atomic E-state index is 12.9. The smallest absolute Gasteiger partial charge is 0.325 e. The highest BCUT2D eigenvalue weighted by molar-refractivity contribution is 6.42. The summed E-state index contributed by atoms with van der Waals surface area (Å²) in [7, 11) is 0. The quantitative estimate of drug-likeness (QED) is 0.625. The van der Waals surface area contributed by atoms with Crippen LogP contribution in [-0.4, -0.2) is 35.2 Å². The van der Waals surface area contributed by atoms with Crippen molar-refractivity contribution in [3.63, 3.8) is 0 Å². The zero-order chi connectivity index (χ0) is 21.3. The number of carbonyl (C=O) groups is 4. The highest BCUT2D eigenvalue weighted by Gasteiger charge is 2.49. The monoisotopic (exact) mass is 434 g/mol. The van der Waals surface area contributed by atoms with E-state index < -0.39 is 35.8 Å². The maximum atomic E-state index is 12.9. The van der Waals surface area contributed by atoms with E-state index in [0.29, 0.717) is 16.3 Å². The third-order valence-electron chi connectivity index (χ3n) is 4.53. The topological polar surface area (TPSA) is 122 Å². The number of hydrogen-bond acceptors (Lipinski definition) is 4. The summed E-state index contributed by atoms with van der Waals surface area (Å²) in [4.78, 5) is 49.4. The lowest BCUT2D eigenvalue weighted by atomic mass is 9.92. The number of nitrogens with one attached hydrogen (secondary N) is 2. The molecule has 2 aromatic carbocycles. The van der Waals surface area contributed by atoms with E-state index in [1.54, 1.807) is 6.07 Å². The minimum absolute atomic E-state index is 0.239. The van der Waals surface area contributed by atoms with Crippen LogP contribution in [-0.2, 0) is 15.1 Å². The summed E-state index contributed by atoms with van der Waals surface area (Å²) >= 11 is 11.9. The minimum Gasteiger partial charge on any atom is -0.366 e. The van der Waals surface area contributed by atoms with Crippen molar-refractivity contribution >= 4 is 52.6 Å². The Balaban J connectivity index is 1.73. The van der Waals surface area contributed by atoms with Crippen molar-refractivity contribution in [3.05, 3.63) is 63.6 Å². The molecule has 10 heteroatoms. The Kier molecular flexibility index (Phi) is 5.50. The van der Waals surface area contributed by atoms with Crippen LogP contribution < -0.4 is 16.4 Å². The predicted molar refractivity (Wildman–Crippen MR) is 108 cm³/mol. The van der Waals surface area contributed by atoms with Crippen molar-refractivity contribution in [1.29, 1.82) is 0 Å². The Morgan fingerprint density at radius 1 is 1.10 bits per heavy atom. The van der Waals surface area contributed by atoms with Gasteiger partial charge in [-0.15, -0.1) is 0 Å². The van der Waals surface area contributed by atoms with E-state index in [-0.39, 0.29) is 10.6 Å². The Morgan fingerprint density at radius 3 is 2.34 bits per heavy atom. The summed E-state index contributed by atoms with van der Waals surface area (Å²) in [6, 6.07) is 9.77. The van der Waals surface area contributed by atoms with Crippen molar-refractivity contribution < 1.29 is 19.2 Å². The van der Waals surface area contributed by atoms with Crippen LogP contribution in [0.15, 0.2) is 42.5 Å². The van der Waals surface area contributed by atoms with Crippen molar-refractivity contribution in [2.75, 3.05) is 11.9 Å². The average Bonchev–Trinajstić information content (AvgIpc) is 2.88. The first-order chi connectivity index (χ1) is 13.6. The fourth-order valence-corrected chi connectivity index (χ4v) is 3.20. The molecule has 0 aromatic heterocycles. The second-order valence-corrected chi connectivity index (χ2v) is 7.38. The Labute approximate surface area is 175 Å². The van der Waals surface area contributed by atoms with Crippen LogP contribution in [0.1, 0.15) is 22.8 Å². The van der Waals surface area contributed by atoms with Gasteiger partial charge in [0.2, 0.25) is 11.8 Å². The normalized spacial score (nSPS) is 18.5. The molecule has 3 rings (SSSR count). The van der Waals surface area contributed by atoms with Crippen molar-refractivity contribution in [2.24, 2.45) is 5.73 Å². The maximum Gasteiger partial charge on any atom is 0.325 e. The lowest BCUT2D eigenvalue weighted by molar-refractivity contribution is -0.133. The molecule has 0 radical (unpaired) electrons. The molecule has 1 atom stereocenters. The van der Waals surface area contributed by atoms with Gasteiger partial charge in [-0.25, -0.2) is 4.79 Å². The summed E-state index contributed by atoms with van der Waals surface area (Å²) in [5.74, 6) is -1.78. The molecule has 1 heterocycles. The molecule has 0 bridgehead atoms. The number of urea groups is 1. The number of nitrogens with two attached hydrogens (primary N) is 1. The molecular weight excluding hydrogens is 419 g/mol. The Morgan fingerprint density at radius 2 is 1.76 bits per heavy atom. The molecule has 8 nitrogen and oxygen atoms in total. The van der Waals surface area contributed by atoms with Gasteiger partial charge in [0.15, 0.2) is 0 Å². The number of anilines is 1. The Bertz CT molecular complexity index is 1030. The number of rotatable bonds is 5. The van der Waals surface area contributed by atoms with Gasteiger partial charge in [0.1, 0.15) is 12.1 Å². The third kappa shape index (κ3) is 4.03. The van der Waals surface area contributed by atoms with Gasteiger partial charge in [0.05, 0.1) is 10.0 Å². The van der Waals surface area contributed by atoms with Crippen LogP contribution in [0.5, 0.6) is 0 Å². The molecule has 150 valence electrons. The lowest BCUT2D eigenvalue weighted by Crippen LogP contribution is -2.42. The standard InChI is InChI=1S/C19H16Cl2N4O4/c1-19(11-4-7-13(20)14(21)8-11)17(28)25(18(29)24-19)9-15(26)23-12-5-2-10(3-6-12)16(22)27/h2-8H,9H2,1H3,(H2,22,27)(H,23,26)(H,24,29). The van der Waals surface area contributed by atoms with Crippen LogP contribution in [0.3, 0.4) is 0 Å². The zero-order valence-electron chi connectivity index (χ0n) is 15.2. The Hall–Kier alpha value is -3.10. The first kappa shape index (κ1) is 20.6. The van der Waals surface area contributed by atoms with Gasteiger partial charge in [-0.05, 0) is 48.9 Å². The van der Waals surface area contributed by atoms with Gasteiger partial charge in [-0.1, -0.05) is 29.3 Å². The lowest BCUT2D eigenvalue weighted by Gasteiger charge is -2.22. The molecule has 1 fully saturated rings. The molecule has 1 aliphatic heterocycles. The molecule has 0 saturated carbocycles.